The van der Waals surface area contributed by atoms with E-state index in [0.29, 0.717) is 5.41 Å². The summed E-state index contributed by atoms with van der Waals surface area (Å²) < 4.78 is 0. The zero-order chi connectivity index (χ0) is 9.31. The molecule has 0 aromatic carbocycles. The summed E-state index contributed by atoms with van der Waals surface area (Å²) in [6.45, 7) is 11.1. The summed E-state index contributed by atoms with van der Waals surface area (Å²) in [5.74, 6) is 0.822. The lowest BCUT2D eigenvalue weighted by molar-refractivity contribution is 0.0360. The fourth-order valence-electron chi connectivity index (χ4n) is 2.75. The van der Waals surface area contributed by atoms with Crippen molar-refractivity contribution in [1.29, 1.82) is 0 Å². The molecule has 0 atom stereocenters. The first-order valence-electron chi connectivity index (χ1n) is 5.63. The molecule has 76 valence electrons. The molecule has 0 aromatic rings. The molecular weight excluding hydrogens is 160 g/mol. The summed E-state index contributed by atoms with van der Waals surface area (Å²) in [5.41, 5.74) is 0.674. The molecule has 2 rings (SSSR count). The Morgan fingerprint density at radius 2 is 2.15 bits per heavy atom. The first-order valence-corrected chi connectivity index (χ1v) is 5.63. The average molecular weight is 182 g/mol. The van der Waals surface area contributed by atoms with E-state index in [2.05, 4.69) is 24.1 Å². The van der Waals surface area contributed by atoms with Gasteiger partial charge in [-0.15, -0.1) is 0 Å². The molecule has 0 unspecified atom stereocenters. The second-order valence-corrected chi connectivity index (χ2v) is 5.34. The van der Waals surface area contributed by atoms with Crippen LogP contribution in [0.3, 0.4) is 0 Å². The topological polar surface area (TPSA) is 15.3 Å². The zero-order valence-corrected chi connectivity index (χ0v) is 8.97. The summed E-state index contributed by atoms with van der Waals surface area (Å²) >= 11 is 0. The van der Waals surface area contributed by atoms with Crippen LogP contribution in [0.25, 0.3) is 0 Å². The minimum absolute atomic E-state index is 0.674. The van der Waals surface area contributed by atoms with Gasteiger partial charge in [0.15, 0.2) is 0 Å². The van der Waals surface area contributed by atoms with E-state index in [-0.39, 0.29) is 0 Å². The highest BCUT2D eigenvalue weighted by Crippen LogP contribution is 2.33. The smallest absolute Gasteiger partial charge is 0.00802 e. The van der Waals surface area contributed by atoms with E-state index < -0.39 is 0 Å². The van der Waals surface area contributed by atoms with E-state index in [4.69, 9.17) is 0 Å². The minimum Gasteiger partial charge on any atom is -0.315 e. The second kappa shape index (κ2) is 3.58. The van der Waals surface area contributed by atoms with Crippen molar-refractivity contribution in [2.45, 2.75) is 26.7 Å². The van der Waals surface area contributed by atoms with Crippen LogP contribution < -0.4 is 5.32 Å². The quantitative estimate of drug-likeness (QED) is 0.693. The molecule has 2 fully saturated rings. The van der Waals surface area contributed by atoms with Gasteiger partial charge in [-0.2, -0.15) is 0 Å². The summed E-state index contributed by atoms with van der Waals surface area (Å²) in [6, 6.07) is 0. The van der Waals surface area contributed by atoms with E-state index in [1.54, 1.807) is 0 Å². The molecule has 2 aliphatic heterocycles. The maximum absolute atomic E-state index is 3.42. The predicted molar refractivity (Wildman–Crippen MR) is 55.8 cm³/mol. The van der Waals surface area contributed by atoms with E-state index in [1.165, 1.54) is 45.6 Å². The molecule has 0 amide bonds. The lowest BCUT2D eigenvalue weighted by atomic mass is 9.75. The number of nitrogens with one attached hydrogen (secondary N) is 1. The van der Waals surface area contributed by atoms with Gasteiger partial charge in [0.2, 0.25) is 0 Å². The van der Waals surface area contributed by atoms with Gasteiger partial charge in [0.1, 0.15) is 0 Å². The SMILES string of the molecule is CC(C)CN1CCCC2(CNC2)C1. The molecule has 0 aliphatic carbocycles. The molecule has 2 heteroatoms. The van der Waals surface area contributed by atoms with Gasteiger partial charge in [0.05, 0.1) is 0 Å². The van der Waals surface area contributed by atoms with Gasteiger partial charge in [-0.3, -0.25) is 0 Å². The minimum atomic E-state index is 0.674. The fraction of sp³-hybridized carbons (Fsp3) is 1.00. The van der Waals surface area contributed by atoms with Crippen LogP contribution in [0, 0.1) is 11.3 Å². The molecule has 13 heavy (non-hydrogen) atoms. The summed E-state index contributed by atoms with van der Waals surface area (Å²) in [4.78, 5) is 2.66. The Balaban J connectivity index is 1.85. The predicted octanol–water partition coefficient (Wildman–Crippen LogP) is 1.33. The van der Waals surface area contributed by atoms with Gasteiger partial charge in [0, 0.05) is 31.6 Å². The molecule has 0 saturated carbocycles. The van der Waals surface area contributed by atoms with Crippen LogP contribution in [0.2, 0.25) is 0 Å². The number of rotatable bonds is 2. The number of likely N-dealkylation sites (tertiary alicyclic amines) is 1. The highest BCUT2D eigenvalue weighted by molar-refractivity contribution is 4.97. The van der Waals surface area contributed by atoms with Crippen LogP contribution in [0.1, 0.15) is 26.7 Å². The Morgan fingerprint density at radius 3 is 2.69 bits per heavy atom. The van der Waals surface area contributed by atoms with E-state index in [1.807, 2.05) is 0 Å². The number of hydrogen-bond acceptors (Lipinski definition) is 2. The molecule has 2 saturated heterocycles. The standard InChI is InChI=1S/C11H22N2/c1-10(2)6-13-5-3-4-11(9-13)7-12-8-11/h10,12H,3-9H2,1-2H3. The van der Waals surface area contributed by atoms with Gasteiger partial charge in [-0.25, -0.2) is 0 Å². The first kappa shape index (κ1) is 9.47. The van der Waals surface area contributed by atoms with Crippen LogP contribution in [0.15, 0.2) is 0 Å². The third-order valence-electron chi connectivity index (χ3n) is 3.36. The molecule has 2 aliphatic rings. The maximum Gasteiger partial charge on any atom is 0.00802 e. The Labute approximate surface area is 81.7 Å². The van der Waals surface area contributed by atoms with Crippen LogP contribution in [-0.2, 0) is 0 Å². The van der Waals surface area contributed by atoms with Gasteiger partial charge in [0.25, 0.3) is 0 Å². The van der Waals surface area contributed by atoms with Crippen molar-refractivity contribution in [2.24, 2.45) is 11.3 Å². The monoisotopic (exact) mass is 182 g/mol. The van der Waals surface area contributed by atoms with Crippen molar-refractivity contribution in [3.8, 4) is 0 Å². The van der Waals surface area contributed by atoms with Crippen molar-refractivity contribution in [3.63, 3.8) is 0 Å². The Kier molecular flexibility index (Phi) is 2.61. The second-order valence-electron chi connectivity index (χ2n) is 5.34. The Bertz CT molecular complexity index is 173. The molecule has 0 radical (unpaired) electrons. The molecule has 0 aromatic heterocycles. The molecule has 0 bridgehead atoms. The normalized spacial score (nSPS) is 27.9. The van der Waals surface area contributed by atoms with Gasteiger partial charge >= 0.3 is 0 Å². The molecule has 1 spiro atoms. The van der Waals surface area contributed by atoms with E-state index in [0.717, 1.165) is 5.92 Å². The van der Waals surface area contributed by atoms with Crippen molar-refractivity contribution in [2.75, 3.05) is 32.7 Å². The summed E-state index contributed by atoms with van der Waals surface area (Å²) in [7, 11) is 0. The molecule has 2 nitrogen and oxygen atoms in total. The third-order valence-corrected chi connectivity index (χ3v) is 3.36. The summed E-state index contributed by atoms with van der Waals surface area (Å²) in [6.07, 6.45) is 2.86. The highest BCUT2D eigenvalue weighted by atomic mass is 15.2. The average Bonchev–Trinajstić information content (AvgIpc) is 2.01. The first-order chi connectivity index (χ1) is 6.20. The van der Waals surface area contributed by atoms with Crippen LogP contribution in [0.4, 0.5) is 0 Å². The number of nitrogens with zero attached hydrogens (tertiary/aromatic N) is 1. The van der Waals surface area contributed by atoms with Crippen LogP contribution in [0.5, 0.6) is 0 Å². The zero-order valence-electron chi connectivity index (χ0n) is 8.97. The highest BCUT2D eigenvalue weighted by Gasteiger charge is 2.40. The summed E-state index contributed by atoms with van der Waals surface area (Å²) in [5, 5.41) is 3.42. The lowest BCUT2D eigenvalue weighted by Gasteiger charge is -2.49. The van der Waals surface area contributed by atoms with Crippen LogP contribution >= 0.6 is 0 Å². The van der Waals surface area contributed by atoms with Crippen LogP contribution in [-0.4, -0.2) is 37.6 Å². The van der Waals surface area contributed by atoms with Crippen molar-refractivity contribution in [1.82, 2.24) is 10.2 Å². The van der Waals surface area contributed by atoms with Gasteiger partial charge < -0.3 is 10.2 Å². The van der Waals surface area contributed by atoms with E-state index in [9.17, 15) is 0 Å². The van der Waals surface area contributed by atoms with Crippen molar-refractivity contribution < 1.29 is 0 Å². The molecule has 2 heterocycles. The fourth-order valence-corrected chi connectivity index (χ4v) is 2.75. The lowest BCUT2D eigenvalue weighted by Crippen LogP contribution is -2.61. The van der Waals surface area contributed by atoms with Crippen molar-refractivity contribution in [3.05, 3.63) is 0 Å². The largest absolute Gasteiger partial charge is 0.315 e. The Hall–Kier alpha value is -0.0800. The van der Waals surface area contributed by atoms with Crippen molar-refractivity contribution >= 4 is 0 Å². The Morgan fingerprint density at radius 1 is 1.38 bits per heavy atom. The maximum atomic E-state index is 3.42. The van der Waals surface area contributed by atoms with Gasteiger partial charge in [-0.05, 0) is 25.3 Å². The van der Waals surface area contributed by atoms with Gasteiger partial charge in [-0.1, -0.05) is 13.8 Å². The molecular formula is C11H22N2. The molecule has 1 N–H and O–H groups in total. The number of piperidine rings is 1. The third kappa shape index (κ3) is 2.05. The van der Waals surface area contributed by atoms with E-state index >= 15 is 0 Å². The number of hydrogen-bond donors (Lipinski definition) is 1.